The van der Waals surface area contributed by atoms with Crippen LogP contribution < -0.4 is 5.32 Å². The van der Waals surface area contributed by atoms with Crippen molar-refractivity contribution < 1.29 is 32.7 Å². The Morgan fingerprint density at radius 3 is 2.16 bits per heavy atom. The Balaban J connectivity index is 2.30. The van der Waals surface area contributed by atoms with Crippen LogP contribution >= 0.6 is 0 Å². The number of nitrogens with one attached hydrogen (secondary N) is 1. The van der Waals surface area contributed by atoms with E-state index in [1.165, 1.54) is 25.7 Å². The molecular weight excluding hydrogens is 341 g/mol. The zero-order chi connectivity index (χ0) is 19.3. The maximum absolute atomic E-state index is 12.9. The fourth-order valence-electron chi connectivity index (χ4n) is 3.98. The van der Waals surface area contributed by atoms with E-state index in [2.05, 4.69) is 0 Å². The average Bonchev–Trinajstić information content (AvgIpc) is 2.97. The summed E-state index contributed by atoms with van der Waals surface area (Å²) in [6.07, 6.45) is -3.98. The largest absolute Gasteiger partial charge is 0.480 e. The first-order chi connectivity index (χ1) is 11.2. The van der Waals surface area contributed by atoms with Crippen molar-refractivity contribution in [1.29, 1.82) is 0 Å². The molecule has 1 heterocycles. The maximum Gasteiger partial charge on any atom is 0.471 e. The van der Waals surface area contributed by atoms with Crippen molar-refractivity contribution in [2.45, 2.75) is 64.8 Å². The number of likely N-dealkylation sites (tertiary alicyclic amines) is 1. The monoisotopic (exact) mass is 364 g/mol. The van der Waals surface area contributed by atoms with Crippen LogP contribution in [0.15, 0.2) is 0 Å². The molecule has 2 aliphatic rings. The minimum Gasteiger partial charge on any atom is -0.480 e. The van der Waals surface area contributed by atoms with Crippen LogP contribution in [0.4, 0.5) is 13.2 Å². The number of amides is 2. The van der Waals surface area contributed by atoms with Crippen LogP contribution in [-0.4, -0.2) is 52.1 Å². The van der Waals surface area contributed by atoms with Crippen molar-refractivity contribution in [3.63, 3.8) is 0 Å². The summed E-state index contributed by atoms with van der Waals surface area (Å²) in [7, 11) is 0. The van der Waals surface area contributed by atoms with Crippen LogP contribution in [0.25, 0.3) is 0 Å². The zero-order valence-corrected chi connectivity index (χ0v) is 14.6. The molecular formula is C16H23F3N2O4. The Morgan fingerprint density at radius 2 is 1.72 bits per heavy atom. The Kier molecular flexibility index (Phi) is 4.82. The fourth-order valence-corrected chi connectivity index (χ4v) is 3.98. The van der Waals surface area contributed by atoms with Crippen molar-refractivity contribution in [3.8, 4) is 0 Å². The van der Waals surface area contributed by atoms with Crippen LogP contribution in [-0.2, 0) is 14.4 Å². The van der Waals surface area contributed by atoms with E-state index in [-0.39, 0.29) is 17.9 Å². The SMILES string of the molecule is C[C@H]1C[C@@H]2C[C@H]1[C@@H](C(=O)O)N2C(=O)[C@@H](NC(=O)C(F)(F)F)C(C)(C)C. The number of fused-ring (bicyclic) bond motifs is 2. The van der Waals surface area contributed by atoms with Crippen molar-refractivity contribution in [2.75, 3.05) is 0 Å². The molecule has 5 atom stereocenters. The van der Waals surface area contributed by atoms with Crippen LogP contribution in [0.2, 0.25) is 0 Å². The highest BCUT2D eigenvalue weighted by Gasteiger charge is 2.56. The molecule has 1 saturated carbocycles. The lowest BCUT2D eigenvalue weighted by molar-refractivity contribution is -0.176. The first-order valence-corrected chi connectivity index (χ1v) is 8.17. The smallest absolute Gasteiger partial charge is 0.471 e. The summed E-state index contributed by atoms with van der Waals surface area (Å²) in [5.74, 6) is -4.22. The molecule has 1 saturated heterocycles. The lowest BCUT2D eigenvalue weighted by Gasteiger charge is -2.40. The Morgan fingerprint density at radius 1 is 1.16 bits per heavy atom. The number of halogens is 3. The van der Waals surface area contributed by atoms with Crippen molar-refractivity contribution in [1.82, 2.24) is 10.2 Å². The summed E-state index contributed by atoms with van der Waals surface area (Å²) in [5.41, 5.74) is -1.01. The van der Waals surface area contributed by atoms with Gasteiger partial charge in [-0.05, 0) is 30.1 Å². The zero-order valence-electron chi connectivity index (χ0n) is 14.6. The van der Waals surface area contributed by atoms with E-state index in [9.17, 15) is 32.7 Å². The van der Waals surface area contributed by atoms with Gasteiger partial charge in [-0.2, -0.15) is 13.2 Å². The second-order valence-corrected chi connectivity index (χ2v) is 8.07. The fraction of sp³-hybridized carbons (Fsp3) is 0.812. The molecule has 142 valence electrons. The Bertz CT molecular complexity index is 585. The van der Waals surface area contributed by atoms with E-state index in [1.807, 2.05) is 6.92 Å². The number of aliphatic carboxylic acids is 1. The number of nitrogens with zero attached hydrogens (tertiary/aromatic N) is 1. The van der Waals surface area contributed by atoms with Gasteiger partial charge in [0.2, 0.25) is 5.91 Å². The molecule has 0 radical (unpaired) electrons. The number of carbonyl (C=O) groups is 3. The lowest BCUT2D eigenvalue weighted by Crippen LogP contribution is -2.61. The number of piperidine rings is 1. The maximum atomic E-state index is 12.9. The topological polar surface area (TPSA) is 86.7 Å². The van der Waals surface area contributed by atoms with Gasteiger partial charge in [0.1, 0.15) is 12.1 Å². The number of hydrogen-bond donors (Lipinski definition) is 2. The average molecular weight is 364 g/mol. The van der Waals surface area contributed by atoms with Gasteiger partial charge in [-0.25, -0.2) is 4.79 Å². The Hall–Kier alpha value is -1.80. The summed E-state index contributed by atoms with van der Waals surface area (Å²) in [4.78, 5) is 37.1. The van der Waals surface area contributed by atoms with Crippen LogP contribution in [0, 0.1) is 17.3 Å². The van der Waals surface area contributed by atoms with E-state index < -0.39 is 41.5 Å². The number of alkyl halides is 3. The van der Waals surface area contributed by atoms with E-state index in [0.717, 1.165) is 0 Å². The third kappa shape index (κ3) is 3.59. The van der Waals surface area contributed by atoms with Crippen LogP contribution in [0.1, 0.15) is 40.5 Å². The van der Waals surface area contributed by atoms with Gasteiger partial charge in [0.15, 0.2) is 0 Å². The first kappa shape index (κ1) is 19.5. The standard InChI is InChI=1S/C16H23F3N2O4/c1-7-5-8-6-9(7)10(13(23)24)21(8)12(22)11(15(2,3)4)20-14(25)16(17,18)19/h7-11H,5-6H2,1-4H3,(H,20,25)(H,23,24)/t7-,8+,9+,10-,11+/m0/s1. The van der Waals surface area contributed by atoms with Gasteiger partial charge < -0.3 is 15.3 Å². The van der Waals surface area contributed by atoms with Gasteiger partial charge in [-0.3, -0.25) is 9.59 Å². The molecule has 25 heavy (non-hydrogen) atoms. The second kappa shape index (κ2) is 6.17. The quantitative estimate of drug-likeness (QED) is 0.799. The van der Waals surface area contributed by atoms with Crippen molar-refractivity contribution in [2.24, 2.45) is 17.3 Å². The number of carboxylic acids is 1. The van der Waals surface area contributed by atoms with Gasteiger partial charge >= 0.3 is 18.1 Å². The first-order valence-electron chi connectivity index (χ1n) is 8.17. The third-order valence-corrected chi connectivity index (χ3v) is 5.17. The molecule has 0 aromatic carbocycles. The van der Waals surface area contributed by atoms with E-state index in [4.69, 9.17) is 0 Å². The van der Waals surface area contributed by atoms with Gasteiger partial charge in [-0.15, -0.1) is 0 Å². The minimum absolute atomic E-state index is 0.132. The Labute approximate surface area is 143 Å². The molecule has 0 unspecified atom stereocenters. The van der Waals surface area contributed by atoms with Gasteiger partial charge in [0.25, 0.3) is 0 Å². The third-order valence-electron chi connectivity index (χ3n) is 5.17. The molecule has 2 N–H and O–H groups in total. The molecule has 2 amide bonds. The normalized spacial score (nSPS) is 30.3. The van der Waals surface area contributed by atoms with E-state index in [1.54, 1.807) is 5.32 Å². The summed E-state index contributed by atoms with van der Waals surface area (Å²) in [6, 6.07) is -2.84. The van der Waals surface area contributed by atoms with Crippen LogP contribution in [0.5, 0.6) is 0 Å². The highest BCUT2D eigenvalue weighted by Crippen LogP contribution is 2.47. The van der Waals surface area contributed by atoms with Gasteiger partial charge in [0, 0.05) is 6.04 Å². The highest BCUT2D eigenvalue weighted by molar-refractivity contribution is 5.93. The number of rotatable bonds is 3. The molecule has 1 aliphatic carbocycles. The summed E-state index contributed by atoms with van der Waals surface area (Å²) in [5, 5.41) is 11.3. The summed E-state index contributed by atoms with van der Waals surface area (Å²) < 4.78 is 37.8. The van der Waals surface area contributed by atoms with E-state index >= 15 is 0 Å². The number of hydrogen-bond acceptors (Lipinski definition) is 3. The van der Waals surface area contributed by atoms with Crippen molar-refractivity contribution >= 4 is 17.8 Å². The van der Waals surface area contributed by atoms with Crippen LogP contribution in [0.3, 0.4) is 0 Å². The molecule has 0 aromatic rings. The molecule has 2 rings (SSSR count). The molecule has 2 fully saturated rings. The summed E-state index contributed by atoms with van der Waals surface area (Å²) in [6.45, 7) is 6.49. The van der Waals surface area contributed by atoms with E-state index in [0.29, 0.717) is 12.8 Å². The predicted molar refractivity (Wildman–Crippen MR) is 81.4 cm³/mol. The lowest BCUT2D eigenvalue weighted by atomic mass is 9.83. The van der Waals surface area contributed by atoms with Gasteiger partial charge in [-0.1, -0.05) is 27.7 Å². The molecule has 0 aromatic heterocycles. The highest BCUT2D eigenvalue weighted by atomic mass is 19.4. The number of carboxylic acid groups (broad SMARTS) is 1. The molecule has 2 bridgehead atoms. The minimum atomic E-state index is -5.12. The van der Waals surface area contributed by atoms with Gasteiger partial charge in [0.05, 0.1) is 0 Å². The molecule has 0 spiro atoms. The van der Waals surface area contributed by atoms with Crippen molar-refractivity contribution in [3.05, 3.63) is 0 Å². The number of carbonyl (C=O) groups excluding carboxylic acids is 2. The molecule has 6 nitrogen and oxygen atoms in total. The summed E-state index contributed by atoms with van der Waals surface area (Å²) >= 11 is 0. The molecule has 9 heteroatoms. The predicted octanol–water partition coefficient (Wildman–Crippen LogP) is 1.79. The molecule has 1 aliphatic heterocycles. The second-order valence-electron chi connectivity index (χ2n) is 8.07.